The minimum Gasteiger partial charge on any atom is -0.313 e. The monoisotopic (exact) mass is 285 g/mol. The van der Waals surface area contributed by atoms with Gasteiger partial charge in [0.05, 0.1) is 6.20 Å². The maximum absolute atomic E-state index is 4.39. The van der Waals surface area contributed by atoms with Gasteiger partial charge in [0.1, 0.15) is 0 Å². The van der Waals surface area contributed by atoms with Gasteiger partial charge in [-0.3, -0.25) is 4.68 Å². The Hall–Kier alpha value is -1.61. The molecular formula is C18H27N3. The summed E-state index contributed by atoms with van der Waals surface area (Å²) in [7, 11) is 0. The van der Waals surface area contributed by atoms with Crippen molar-refractivity contribution >= 4 is 0 Å². The minimum absolute atomic E-state index is 0.455. The second-order valence-electron chi connectivity index (χ2n) is 5.50. The fraction of sp³-hybridized carbons (Fsp3) is 0.500. The van der Waals surface area contributed by atoms with E-state index in [1.165, 1.54) is 11.1 Å². The van der Waals surface area contributed by atoms with Crippen LogP contribution >= 0.6 is 0 Å². The van der Waals surface area contributed by atoms with Gasteiger partial charge in [-0.2, -0.15) is 5.10 Å². The second-order valence-corrected chi connectivity index (χ2v) is 5.50. The van der Waals surface area contributed by atoms with Crippen LogP contribution in [0.25, 0.3) is 0 Å². The van der Waals surface area contributed by atoms with E-state index in [1.54, 1.807) is 0 Å². The third-order valence-corrected chi connectivity index (χ3v) is 4.09. The molecule has 0 aliphatic heterocycles. The molecule has 2 rings (SSSR count). The van der Waals surface area contributed by atoms with Gasteiger partial charge in [-0.15, -0.1) is 0 Å². The maximum atomic E-state index is 4.39. The van der Waals surface area contributed by atoms with Gasteiger partial charge < -0.3 is 5.32 Å². The van der Waals surface area contributed by atoms with Crippen LogP contribution in [-0.4, -0.2) is 22.4 Å². The SMILES string of the molecule is CCNC(Cc1cnn(CC)c1)C(CC)c1ccccc1. The van der Waals surface area contributed by atoms with Gasteiger partial charge in [0.25, 0.3) is 0 Å². The molecule has 1 N–H and O–H groups in total. The van der Waals surface area contributed by atoms with Crippen molar-refractivity contribution in [2.24, 2.45) is 0 Å². The quantitative estimate of drug-likeness (QED) is 0.803. The lowest BCUT2D eigenvalue weighted by atomic mass is 9.86. The number of likely N-dealkylation sites (N-methyl/N-ethyl adjacent to an activating group) is 1. The lowest BCUT2D eigenvalue weighted by Gasteiger charge is -2.27. The van der Waals surface area contributed by atoms with E-state index in [1.807, 2.05) is 10.9 Å². The minimum atomic E-state index is 0.455. The van der Waals surface area contributed by atoms with E-state index in [-0.39, 0.29) is 0 Å². The second kappa shape index (κ2) is 7.99. The van der Waals surface area contributed by atoms with E-state index in [9.17, 15) is 0 Å². The number of hydrogen-bond donors (Lipinski definition) is 1. The van der Waals surface area contributed by atoms with Gasteiger partial charge >= 0.3 is 0 Å². The van der Waals surface area contributed by atoms with Gasteiger partial charge in [0, 0.05) is 18.8 Å². The highest BCUT2D eigenvalue weighted by Gasteiger charge is 2.21. The Bertz CT molecular complexity index is 518. The van der Waals surface area contributed by atoms with E-state index in [0.717, 1.165) is 25.9 Å². The van der Waals surface area contributed by atoms with Crippen LogP contribution in [-0.2, 0) is 13.0 Å². The van der Waals surface area contributed by atoms with Crippen molar-refractivity contribution in [3.05, 3.63) is 53.9 Å². The van der Waals surface area contributed by atoms with Crippen LogP contribution in [0.1, 0.15) is 44.2 Å². The lowest BCUT2D eigenvalue weighted by Crippen LogP contribution is -2.36. The fourth-order valence-electron chi connectivity index (χ4n) is 3.01. The first-order chi connectivity index (χ1) is 10.3. The van der Waals surface area contributed by atoms with Gasteiger partial charge in [0.15, 0.2) is 0 Å². The summed E-state index contributed by atoms with van der Waals surface area (Å²) in [5, 5.41) is 8.07. The molecule has 0 radical (unpaired) electrons. The predicted molar refractivity (Wildman–Crippen MR) is 88.5 cm³/mol. The molecule has 2 unspecified atom stereocenters. The van der Waals surface area contributed by atoms with Crippen molar-refractivity contribution in [3.63, 3.8) is 0 Å². The zero-order chi connectivity index (χ0) is 15.1. The first-order valence-electron chi connectivity index (χ1n) is 8.08. The van der Waals surface area contributed by atoms with Crippen LogP contribution in [0.15, 0.2) is 42.7 Å². The van der Waals surface area contributed by atoms with Crippen molar-refractivity contribution in [1.82, 2.24) is 15.1 Å². The number of aromatic nitrogens is 2. The summed E-state index contributed by atoms with van der Waals surface area (Å²) in [6.07, 6.45) is 6.35. The molecule has 2 aromatic rings. The summed E-state index contributed by atoms with van der Waals surface area (Å²) in [6, 6.07) is 11.3. The topological polar surface area (TPSA) is 29.9 Å². The van der Waals surface area contributed by atoms with Crippen LogP contribution < -0.4 is 5.32 Å². The largest absolute Gasteiger partial charge is 0.313 e. The molecule has 1 heterocycles. The number of hydrogen-bond acceptors (Lipinski definition) is 2. The summed E-state index contributed by atoms with van der Waals surface area (Å²) < 4.78 is 2.00. The fourth-order valence-corrected chi connectivity index (χ4v) is 3.01. The number of benzene rings is 1. The number of aryl methyl sites for hydroxylation is 1. The van der Waals surface area contributed by atoms with E-state index >= 15 is 0 Å². The molecule has 3 heteroatoms. The van der Waals surface area contributed by atoms with Crippen molar-refractivity contribution in [1.29, 1.82) is 0 Å². The predicted octanol–water partition coefficient (Wildman–Crippen LogP) is 3.62. The highest BCUT2D eigenvalue weighted by Crippen LogP contribution is 2.25. The highest BCUT2D eigenvalue weighted by atomic mass is 15.3. The summed E-state index contributed by atoms with van der Waals surface area (Å²) in [5.74, 6) is 0.538. The van der Waals surface area contributed by atoms with Crippen LogP contribution in [0.4, 0.5) is 0 Å². The Balaban J connectivity index is 2.16. The van der Waals surface area contributed by atoms with Crippen LogP contribution in [0, 0.1) is 0 Å². The third-order valence-electron chi connectivity index (χ3n) is 4.09. The first-order valence-corrected chi connectivity index (χ1v) is 8.08. The Morgan fingerprint density at radius 1 is 1.14 bits per heavy atom. The zero-order valence-electron chi connectivity index (χ0n) is 13.4. The summed E-state index contributed by atoms with van der Waals surface area (Å²) in [6.45, 7) is 8.51. The van der Waals surface area contributed by atoms with Gasteiger partial charge in [-0.05, 0) is 43.4 Å². The molecule has 0 aliphatic carbocycles. The van der Waals surface area contributed by atoms with Crippen LogP contribution in [0.5, 0.6) is 0 Å². The lowest BCUT2D eigenvalue weighted by molar-refractivity contribution is 0.428. The smallest absolute Gasteiger partial charge is 0.0522 e. The molecule has 2 atom stereocenters. The average Bonchev–Trinajstić information content (AvgIpc) is 2.97. The average molecular weight is 285 g/mol. The molecule has 0 spiro atoms. The van der Waals surface area contributed by atoms with Crippen molar-refractivity contribution in [3.8, 4) is 0 Å². The molecule has 0 bridgehead atoms. The molecule has 3 nitrogen and oxygen atoms in total. The molecule has 0 saturated heterocycles. The Labute approximate surface area is 128 Å². The summed E-state index contributed by atoms with van der Waals surface area (Å²) in [4.78, 5) is 0. The Kier molecular flexibility index (Phi) is 6.00. The molecule has 1 aromatic carbocycles. The highest BCUT2D eigenvalue weighted by molar-refractivity contribution is 5.22. The zero-order valence-corrected chi connectivity index (χ0v) is 13.4. The van der Waals surface area contributed by atoms with E-state index < -0.39 is 0 Å². The maximum Gasteiger partial charge on any atom is 0.0522 e. The molecular weight excluding hydrogens is 258 g/mol. The molecule has 114 valence electrons. The van der Waals surface area contributed by atoms with Crippen LogP contribution in [0.3, 0.4) is 0 Å². The van der Waals surface area contributed by atoms with E-state index in [2.05, 4.69) is 67.7 Å². The van der Waals surface area contributed by atoms with Crippen LogP contribution in [0.2, 0.25) is 0 Å². The molecule has 0 amide bonds. The normalized spacial score (nSPS) is 14.0. The first kappa shape index (κ1) is 15.8. The number of nitrogens with zero attached hydrogens (tertiary/aromatic N) is 2. The summed E-state index contributed by atoms with van der Waals surface area (Å²) >= 11 is 0. The molecule has 0 saturated carbocycles. The van der Waals surface area contributed by atoms with Gasteiger partial charge in [-0.25, -0.2) is 0 Å². The number of nitrogens with one attached hydrogen (secondary N) is 1. The van der Waals surface area contributed by atoms with Gasteiger partial charge in [-0.1, -0.05) is 44.2 Å². The molecule has 1 aromatic heterocycles. The third kappa shape index (κ3) is 4.18. The standard InChI is InChI=1S/C18H27N3/c1-4-17(16-10-8-7-9-11-16)18(19-5-2)12-15-13-20-21(6-3)14-15/h7-11,13-14,17-19H,4-6,12H2,1-3H3. The van der Waals surface area contributed by atoms with Gasteiger partial charge in [0.2, 0.25) is 0 Å². The molecule has 0 aliphatic rings. The summed E-state index contributed by atoms with van der Waals surface area (Å²) in [5.41, 5.74) is 2.74. The Morgan fingerprint density at radius 2 is 1.90 bits per heavy atom. The Morgan fingerprint density at radius 3 is 2.48 bits per heavy atom. The van der Waals surface area contributed by atoms with E-state index in [4.69, 9.17) is 0 Å². The molecule has 0 fully saturated rings. The molecule has 21 heavy (non-hydrogen) atoms. The van der Waals surface area contributed by atoms with Crippen molar-refractivity contribution in [2.75, 3.05) is 6.54 Å². The number of rotatable bonds is 8. The van der Waals surface area contributed by atoms with Crippen molar-refractivity contribution in [2.45, 2.75) is 52.1 Å². The van der Waals surface area contributed by atoms with Crippen molar-refractivity contribution < 1.29 is 0 Å². The van der Waals surface area contributed by atoms with E-state index in [0.29, 0.717) is 12.0 Å².